The van der Waals surface area contributed by atoms with E-state index in [1.807, 2.05) is 6.92 Å². The summed E-state index contributed by atoms with van der Waals surface area (Å²) in [4.78, 5) is 11.7. The number of hydrogen-bond acceptors (Lipinski definition) is 4. The molecule has 0 radical (unpaired) electrons. The van der Waals surface area contributed by atoms with Crippen molar-refractivity contribution in [3.8, 4) is 11.5 Å². The number of ether oxygens (including phenoxy) is 2. The lowest BCUT2D eigenvalue weighted by atomic mass is 10.1. The van der Waals surface area contributed by atoms with Gasteiger partial charge in [-0.15, -0.1) is 0 Å². The van der Waals surface area contributed by atoms with E-state index in [4.69, 9.17) is 14.6 Å². The Balaban J connectivity index is 2.52. The Morgan fingerprint density at radius 2 is 2.05 bits per heavy atom. The summed E-state index contributed by atoms with van der Waals surface area (Å²) >= 11 is 0. The third-order valence-corrected chi connectivity index (χ3v) is 2.89. The normalized spacial score (nSPS) is 10.5. The van der Waals surface area contributed by atoms with Gasteiger partial charge in [0.05, 0.1) is 13.2 Å². The molecule has 2 N–H and O–H groups in total. The van der Waals surface area contributed by atoms with E-state index in [9.17, 15) is 4.79 Å². The summed E-state index contributed by atoms with van der Waals surface area (Å²) in [5, 5.41) is 11.9. The molecule has 0 heterocycles. The van der Waals surface area contributed by atoms with Gasteiger partial charge in [-0.1, -0.05) is 19.9 Å². The fourth-order valence-corrected chi connectivity index (χ4v) is 1.73. The summed E-state index contributed by atoms with van der Waals surface area (Å²) in [6.45, 7) is 7.13. The fraction of sp³-hybridized carbons (Fsp3) is 0.562. The lowest BCUT2D eigenvalue weighted by Crippen LogP contribution is -2.30. The lowest BCUT2D eigenvalue weighted by Gasteiger charge is -2.13. The van der Waals surface area contributed by atoms with Gasteiger partial charge in [0.15, 0.2) is 18.1 Å². The highest BCUT2D eigenvalue weighted by Crippen LogP contribution is 2.28. The molecule has 0 aromatic heterocycles. The molecule has 0 saturated heterocycles. The number of aliphatic hydroxyl groups is 1. The molecule has 118 valence electrons. The van der Waals surface area contributed by atoms with Crippen LogP contribution in [0.1, 0.15) is 32.8 Å². The molecule has 0 atom stereocenters. The third-order valence-electron chi connectivity index (χ3n) is 2.89. The molecule has 0 bridgehead atoms. The SMILES string of the molecule is CCOc1cc(CO)ccc1OCC(=O)NCCC(C)C. The minimum absolute atomic E-state index is 0.0450. The highest BCUT2D eigenvalue weighted by molar-refractivity contribution is 5.77. The van der Waals surface area contributed by atoms with Crippen molar-refractivity contribution in [2.24, 2.45) is 5.92 Å². The van der Waals surface area contributed by atoms with Gasteiger partial charge >= 0.3 is 0 Å². The summed E-state index contributed by atoms with van der Waals surface area (Å²) < 4.78 is 10.9. The van der Waals surface area contributed by atoms with Crippen molar-refractivity contribution < 1.29 is 19.4 Å². The van der Waals surface area contributed by atoms with Crippen LogP contribution in [-0.4, -0.2) is 30.8 Å². The Morgan fingerprint density at radius 1 is 1.29 bits per heavy atom. The van der Waals surface area contributed by atoms with Crippen molar-refractivity contribution in [1.29, 1.82) is 0 Å². The molecular formula is C16H25NO4. The van der Waals surface area contributed by atoms with Crippen molar-refractivity contribution in [2.45, 2.75) is 33.8 Å². The van der Waals surface area contributed by atoms with E-state index in [0.717, 1.165) is 12.0 Å². The number of amides is 1. The second-order valence-electron chi connectivity index (χ2n) is 5.19. The van der Waals surface area contributed by atoms with E-state index in [2.05, 4.69) is 19.2 Å². The first kappa shape index (κ1) is 17.3. The third kappa shape index (κ3) is 6.49. The molecule has 1 aromatic rings. The molecule has 0 aliphatic carbocycles. The minimum Gasteiger partial charge on any atom is -0.490 e. The smallest absolute Gasteiger partial charge is 0.257 e. The van der Waals surface area contributed by atoms with E-state index in [1.165, 1.54) is 0 Å². The van der Waals surface area contributed by atoms with Crippen molar-refractivity contribution in [2.75, 3.05) is 19.8 Å². The Morgan fingerprint density at radius 3 is 2.67 bits per heavy atom. The maximum atomic E-state index is 11.7. The van der Waals surface area contributed by atoms with Crippen LogP contribution >= 0.6 is 0 Å². The molecule has 0 aliphatic heterocycles. The summed E-state index contributed by atoms with van der Waals surface area (Å²) in [5.74, 6) is 1.46. The van der Waals surface area contributed by atoms with Crippen LogP contribution in [-0.2, 0) is 11.4 Å². The predicted octanol–water partition coefficient (Wildman–Crippen LogP) is 2.12. The Kier molecular flexibility index (Phi) is 7.61. The summed E-state index contributed by atoms with van der Waals surface area (Å²) in [6, 6.07) is 5.17. The highest BCUT2D eigenvalue weighted by Gasteiger charge is 2.09. The van der Waals surface area contributed by atoms with Gasteiger partial charge in [-0.3, -0.25) is 4.79 Å². The molecule has 1 rings (SSSR count). The van der Waals surface area contributed by atoms with Gasteiger partial charge in [0.2, 0.25) is 0 Å². The first-order chi connectivity index (χ1) is 10.1. The molecular weight excluding hydrogens is 270 g/mol. The summed E-state index contributed by atoms with van der Waals surface area (Å²) in [7, 11) is 0. The number of nitrogens with one attached hydrogen (secondary N) is 1. The van der Waals surface area contributed by atoms with Gasteiger partial charge in [-0.05, 0) is 37.0 Å². The van der Waals surface area contributed by atoms with Crippen LogP contribution in [0.25, 0.3) is 0 Å². The van der Waals surface area contributed by atoms with Gasteiger partial charge < -0.3 is 19.9 Å². The molecule has 0 unspecified atom stereocenters. The zero-order valence-corrected chi connectivity index (χ0v) is 13.0. The first-order valence-corrected chi connectivity index (χ1v) is 7.32. The number of hydrogen-bond donors (Lipinski definition) is 2. The highest BCUT2D eigenvalue weighted by atomic mass is 16.5. The average Bonchev–Trinajstić information content (AvgIpc) is 2.45. The number of rotatable bonds is 9. The standard InChI is InChI=1S/C16H25NO4/c1-4-20-15-9-13(10-18)5-6-14(15)21-11-16(19)17-8-7-12(2)3/h5-6,9,12,18H,4,7-8,10-11H2,1-3H3,(H,17,19). The minimum atomic E-state index is -0.149. The van der Waals surface area contributed by atoms with Crippen LogP contribution in [0.3, 0.4) is 0 Å². The van der Waals surface area contributed by atoms with Crippen LogP contribution in [0.4, 0.5) is 0 Å². The molecule has 1 amide bonds. The number of carbonyl (C=O) groups excluding carboxylic acids is 1. The van der Waals surface area contributed by atoms with E-state index in [0.29, 0.717) is 30.6 Å². The fourth-order valence-electron chi connectivity index (χ4n) is 1.73. The molecule has 0 aliphatic rings. The Labute approximate surface area is 126 Å². The second kappa shape index (κ2) is 9.23. The summed E-state index contributed by atoms with van der Waals surface area (Å²) in [5.41, 5.74) is 0.743. The lowest BCUT2D eigenvalue weighted by molar-refractivity contribution is -0.123. The van der Waals surface area contributed by atoms with Gasteiger partial charge in [0, 0.05) is 6.54 Å². The monoisotopic (exact) mass is 295 g/mol. The van der Waals surface area contributed by atoms with Crippen molar-refractivity contribution in [1.82, 2.24) is 5.32 Å². The van der Waals surface area contributed by atoms with Gasteiger partial charge in [-0.2, -0.15) is 0 Å². The van der Waals surface area contributed by atoms with Crippen LogP contribution in [0.15, 0.2) is 18.2 Å². The van der Waals surface area contributed by atoms with Gasteiger partial charge in [0.1, 0.15) is 0 Å². The van der Waals surface area contributed by atoms with E-state index < -0.39 is 0 Å². The Bertz CT molecular complexity index is 446. The van der Waals surface area contributed by atoms with Crippen LogP contribution in [0.2, 0.25) is 0 Å². The molecule has 5 nitrogen and oxygen atoms in total. The Hall–Kier alpha value is -1.75. The van der Waals surface area contributed by atoms with E-state index in [-0.39, 0.29) is 19.1 Å². The molecule has 0 fully saturated rings. The average molecular weight is 295 g/mol. The van der Waals surface area contributed by atoms with Crippen molar-refractivity contribution in [3.05, 3.63) is 23.8 Å². The van der Waals surface area contributed by atoms with Gasteiger partial charge in [0.25, 0.3) is 5.91 Å². The topological polar surface area (TPSA) is 67.8 Å². The first-order valence-electron chi connectivity index (χ1n) is 7.32. The molecule has 1 aromatic carbocycles. The zero-order valence-electron chi connectivity index (χ0n) is 13.0. The molecule has 21 heavy (non-hydrogen) atoms. The maximum absolute atomic E-state index is 11.7. The van der Waals surface area contributed by atoms with E-state index in [1.54, 1.807) is 18.2 Å². The second-order valence-corrected chi connectivity index (χ2v) is 5.19. The quantitative estimate of drug-likeness (QED) is 0.732. The van der Waals surface area contributed by atoms with E-state index >= 15 is 0 Å². The number of benzene rings is 1. The zero-order chi connectivity index (χ0) is 15.7. The van der Waals surface area contributed by atoms with Crippen LogP contribution in [0, 0.1) is 5.92 Å². The molecule has 5 heteroatoms. The number of carbonyl (C=O) groups is 1. The van der Waals surface area contributed by atoms with Crippen molar-refractivity contribution >= 4 is 5.91 Å². The maximum Gasteiger partial charge on any atom is 0.257 e. The van der Waals surface area contributed by atoms with Crippen LogP contribution < -0.4 is 14.8 Å². The molecule has 0 saturated carbocycles. The summed E-state index contributed by atoms with van der Waals surface area (Å²) in [6.07, 6.45) is 0.946. The number of aliphatic hydroxyl groups excluding tert-OH is 1. The van der Waals surface area contributed by atoms with Gasteiger partial charge in [-0.25, -0.2) is 0 Å². The largest absolute Gasteiger partial charge is 0.490 e. The molecule has 0 spiro atoms. The van der Waals surface area contributed by atoms with Crippen LogP contribution in [0.5, 0.6) is 11.5 Å². The predicted molar refractivity (Wildman–Crippen MR) is 81.5 cm³/mol. The van der Waals surface area contributed by atoms with Crippen molar-refractivity contribution in [3.63, 3.8) is 0 Å².